The molecule has 1 heterocycles. The van der Waals surface area contributed by atoms with Crippen LogP contribution in [-0.2, 0) is 13.0 Å². The molecule has 0 spiro atoms. The third-order valence-corrected chi connectivity index (χ3v) is 5.09. The molecule has 0 aliphatic heterocycles. The molecule has 114 valence electrons. The minimum Gasteiger partial charge on any atom is -0.317 e. The average molecular weight is 277 g/mol. The zero-order chi connectivity index (χ0) is 14.8. The van der Waals surface area contributed by atoms with Gasteiger partial charge in [-0.15, -0.1) is 0 Å². The lowest BCUT2D eigenvalue weighted by Gasteiger charge is -2.42. The molecule has 20 heavy (non-hydrogen) atoms. The van der Waals surface area contributed by atoms with Crippen molar-refractivity contribution < 1.29 is 0 Å². The molecule has 1 aromatic heterocycles. The number of hydrogen-bond acceptors (Lipinski definition) is 2. The summed E-state index contributed by atoms with van der Waals surface area (Å²) in [7, 11) is 2.12. The molecular weight excluding hydrogens is 246 g/mol. The van der Waals surface area contributed by atoms with Crippen LogP contribution in [0.3, 0.4) is 0 Å². The van der Waals surface area contributed by atoms with E-state index < -0.39 is 0 Å². The third kappa shape index (κ3) is 3.63. The van der Waals surface area contributed by atoms with Crippen molar-refractivity contribution in [3.8, 4) is 0 Å². The molecule has 3 nitrogen and oxygen atoms in total. The van der Waals surface area contributed by atoms with Gasteiger partial charge in [-0.05, 0) is 62.5 Å². The average Bonchev–Trinajstić information content (AvgIpc) is 2.85. The molecule has 0 saturated heterocycles. The molecule has 1 N–H and O–H groups in total. The van der Waals surface area contributed by atoms with E-state index in [4.69, 9.17) is 0 Å². The van der Waals surface area contributed by atoms with Crippen molar-refractivity contribution in [3.05, 3.63) is 18.0 Å². The van der Waals surface area contributed by atoms with Gasteiger partial charge in [0.05, 0.1) is 6.20 Å². The van der Waals surface area contributed by atoms with Crippen LogP contribution in [0.1, 0.15) is 52.5 Å². The second-order valence-electron chi connectivity index (χ2n) is 7.44. The van der Waals surface area contributed by atoms with Crippen molar-refractivity contribution in [2.45, 2.75) is 66.0 Å². The molecule has 0 radical (unpaired) electrons. The minimum absolute atomic E-state index is 0.435. The summed E-state index contributed by atoms with van der Waals surface area (Å²) >= 11 is 0. The van der Waals surface area contributed by atoms with Gasteiger partial charge < -0.3 is 5.32 Å². The zero-order valence-electron chi connectivity index (χ0n) is 13.8. The first-order chi connectivity index (χ1) is 9.44. The molecule has 3 unspecified atom stereocenters. The van der Waals surface area contributed by atoms with Crippen LogP contribution < -0.4 is 5.32 Å². The first-order valence-electron chi connectivity index (χ1n) is 8.12. The lowest BCUT2D eigenvalue weighted by Crippen LogP contribution is -2.42. The Hall–Kier alpha value is -0.830. The fourth-order valence-corrected chi connectivity index (χ4v) is 3.64. The summed E-state index contributed by atoms with van der Waals surface area (Å²) in [6.07, 6.45) is 9.44. The predicted molar refractivity (Wildman–Crippen MR) is 84.7 cm³/mol. The fraction of sp³-hybridized carbons (Fsp3) is 0.824. The van der Waals surface area contributed by atoms with E-state index in [-0.39, 0.29) is 0 Å². The van der Waals surface area contributed by atoms with Crippen LogP contribution in [0.2, 0.25) is 0 Å². The maximum Gasteiger partial charge on any atom is 0.0521 e. The van der Waals surface area contributed by atoms with Gasteiger partial charge in [0.15, 0.2) is 0 Å². The van der Waals surface area contributed by atoms with Crippen LogP contribution in [0.4, 0.5) is 0 Å². The number of hydrogen-bond donors (Lipinski definition) is 1. The minimum atomic E-state index is 0.435. The Labute approximate surface area is 124 Å². The molecule has 0 bridgehead atoms. The summed E-state index contributed by atoms with van der Waals surface area (Å²) in [5.74, 6) is 1.59. The molecule has 3 heteroatoms. The van der Waals surface area contributed by atoms with Crippen LogP contribution in [0.15, 0.2) is 12.4 Å². The van der Waals surface area contributed by atoms with Crippen molar-refractivity contribution in [1.29, 1.82) is 0 Å². The van der Waals surface area contributed by atoms with Crippen molar-refractivity contribution in [2.75, 3.05) is 7.05 Å². The van der Waals surface area contributed by atoms with Gasteiger partial charge in [0.1, 0.15) is 0 Å². The van der Waals surface area contributed by atoms with Crippen molar-refractivity contribution in [3.63, 3.8) is 0 Å². The number of nitrogens with zero attached hydrogens (tertiary/aromatic N) is 2. The molecular formula is C17H31N3. The van der Waals surface area contributed by atoms with E-state index in [1.807, 2.05) is 4.68 Å². The largest absolute Gasteiger partial charge is 0.317 e. The Morgan fingerprint density at radius 3 is 2.65 bits per heavy atom. The Balaban J connectivity index is 2.05. The quantitative estimate of drug-likeness (QED) is 0.913. The first kappa shape index (κ1) is 15.6. The Morgan fingerprint density at radius 1 is 1.35 bits per heavy atom. The van der Waals surface area contributed by atoms with E-state index in [1.54, 1.807) is 0 Å². The van der Waals surface area contributed by atoms with Crippen LogP contribution in [-0.4, -0.2) is 22.9 Å². The van der Waals surface area contributed by atoms with Gasteiger partial charge in [0.25, 0.3) is 0 Å². The maximum absolute atomic E-state index is 4.42. The molecule has 1 aromatic rings. The SMILES string of the molecule is CCn1cc(CC2CC(C(C)(C)C)CCC2NC)cn1. The van der Waals surface area contributed by atoms with E-state index in [1.165, 1.54) is 24.8 Å². The normalized spacial score (nSPS) is 27.8. The zero-order valence-corrected chi connectivity index (χ0v) is 13.8. The van der Waals surface area contributed by atoms with Gasteiger partial charge in [-0.25, -0.2) is 0 Å². The second kappa shape index (κ2) is 6.30. The van der Waals surface area contributed by atoms with E-state index in [0.29, 0.717) is 11.5 Å². The van der Waals surface area contributed by atoms with Crippen LogP contribution >= 0.6 is 0 Å². The lowest BCUT2D eigenvalue weighted by molar-refractivity contribution is 0.117. The molecule has 1 saturated carbocycles. The second-order valence-corrected chi connectivity index (χ2v) is 7.44. The fourth-order valence-electron chi connectivity index (χ4n) is 3.64. The van der Waals surface area contributed by atoms with Crippen LogP contribution in [0.25, 0.3) is 0 Å². The van der Waals surface area contributed by atoms with Crippen molar-refractivity contribution in [1.82, 2.24) is 15.1 Å². The van der Waals surface area contributed by atoms with Crippen LogP contribution in [0.5, 0.6) is 0 Å². The molecule has 2 rings (SSSR count). The first-order valence-corrected chi connectivity index (χ1v) is 8.12. The number of nitrogens with one attached hydrogen (secondary N) is 1. The highest BCUT2D eigenvalue weighted by Crippen LogP contribution is 2.41. The predicted octanol–water partition coefficient (Wildman–Crippen LogP) is 3.50. The van der Waals surface area contributed by atoms with Gasteiger partial charge >= 0.3 is 0 Å². The molecule has 0 aromatic carbocycles. The molecule has 1 aliphatic carbocycles. The van der Waals surface area contributed by atoms with Gasteiger partial charge in [0.2, 0.25) is 0 Å². The van der Waals surface area contributed by atoms with E-state index >= 15 is 0 Å². The van der Waals surface area contributed by atoms with Gasteiger partial charge in [-0.2, -0.15) is 5.10 Å². The number of aromatic nitrogens is 2. The van der Waals surface area contributed by atoms with Gasteiger partial charge in [0, 0.05) is 18.8 Å². The molecule has 1 aliphatic rings. The van der Waals surface area contributed by atoms with Crippen LogP contribution in [0, 0.1) is 17.3 Å². The summed E-state index contributed by atoms with van der Waals surface area (Å²) in [6, 6.07) is 0.665. The summed E-state index contributed by atoms with van der Waals surface area (Å²) < 4.78 is 2.04. The molecule has 3 atom stereocenters. The van der Waals surface area contributed by atoms with Crippen molar-refractivity contribution in [2.24, 2.45) is 17.3 Å². The van der Waals surface area contributed by atoms with Gasteiger partial charge in [-0.3, -0.25) is 4.68 Å². The Bertz CT molecular complexity index is 416. The number of rotatable bonds is 4. The molecule has 1 fully saturated rings. The summed E-state index contributed by atoms with van der Waals surface area (Å²) in [6.45, 7) is 10.3. The highest BCUT2D eigenvalue weighted by atomic mass is 15.3. The topological polar surface area (TPSA) is 29.9 Å². The van der Waals surface area contributed by atoms with E-state index in [9.17, 15) is 0 Å². The number of aryl methyl sites for hydroxylation is 1. The highest BCUT2D eigenvalue weighted by molar-refractivity contribution is 5.07. The lowest BCUT2D eigenvalue weighted by atomic mass is 9.66. The Kier molecular flexibility index (Phi) is 4.90. The monoisotopic (exact) mass is 277 g/mol. The summed E-state index contributed by atoms with van der Waals surface area (Å²) in [5.41, 5.74) is 1.83. The Morgan fingerprint density at radius 2 is 2.10 bits per heavy atom. The van der Waals surface area contributed by atoms with Crippen molar-refractivity contribution >= 4 is 0 Å². The smallest absolute Gasteiger partial charge is 0.0521 e. The van der Waals surface area contributed by atoms with E-state index in [2.05, 4.69) is 57.6 Å². The van der Waals surface area contributed by atoms with Gasteiger partial charge in [-0.1, -0.05) is 20.8 Å². The summed E-state index contributed by atoms with van der Waals surface area (Å²) in [5, 5.41) is 7.95. The third-order valence-electron chi connectivity index (χ3n) is 5.09. The van der Waals surface area contributed by atoms with E-state index in [0.717, 1.165) is 24.8 Å². The molecule has 0 amide bonds. The maximum atomic E-state index is 4.42. The highest BCUT2D eigenvalue weighted by Gasteiger charge is 2.35. The standard InChI is InChI=1S/C17H31N3/c1-6-20-12-13(11-19-20)9-14-10-15(17(2,3)4)7-8-16(14)18-5/h11-12,14-16,18H,6-10H2,1-5H3. The summed E-state index contributed by atoms with van der Waals surface area (Å²) in [4.78, 5) is 0.